The molecule has 0 fully saturated rings. The fourth-order valence-electron chi connectivity index (χ4n) is 0. The van der Waals surface area contributed by atoms with Crippen molar-refractivity contribution in [1.29, 1.82) is 0 Å². The van der Waals surface area contributed by atoms with E-state index in [1.807, 2.05) is 0 Å². The van der Waals surface area contributed by atoms with E-state index in [2.05, 4.69) is 0 Å². The molecule has 37 valence electrons. The van der Waals surface area contributed by atoms with E-state index in [4.69, 9.17) is 0 Å². The van der Waals surface area contributed by atoms with Crippen molar-refractivity contribution < 1.29 is 22.4 Å². The molecule has 0 aromatic carbocycles. The Kier molecular flexibility index (Phi) is 5700. The van der Waals surface area contributed by atoms with Gasteiger partial charge in [-0.1, -0.05) is 0 Å². The van der Waals surface area contributed by atoms with Crippen LogP contribution in [-0.2, 0) is 22.4 Å². The fourth-order valence-corrected chi connectivity index (χ4v) is 0. The number of rotatable bonds is 0. The van der Waals surface area contributed by atoms with Crippen LogP contribution in [0.3, 0.4) is 0 Å². The standard InChI is InChI=1S/4CH3.Ta/h4*1H3;/q4*-1;. The number of hydrogen-bond donors (Lipinski definition) is 0. The predicted molar refractivity (Wildman–Crippen MR) is 25.7 cm³/mol. The first-order valence-electron chi connectivity index (χ1n) is 0. The van der Waals surface area contributed by atoms with Gasteiger partial charge < -0.3 is 29.7 Å². The summed E-state index contributed by atoms with van der Waals surface area (Å²) in [7, 11) is 0. The molecule has 0 heterocycles. The van der Waals surface area contributed by atoms with Gasteiger partial charge in [-0.2, -0.15) is 0 Å². The Balaban J connectivity index is 0. The van der Waals surface area contributed by atoms with Gasteiger partial charge in [-0.3, -0.25) is 0 Å². The average Bonchev–Trinajstić information content (AvgIpc) is 0. The molecule has 5 heavy (non-hydrogen) atoms. The van der Waals surface area contributed by atoms with Crippen LogP contribution in [0.5, 0.6) is 0 Å². The van der Waals surface area contributed by atoms with Gasteiger partial charge in [0.1, 0.15) is 0 Å². The molecule has 0 aliphatic carbocycles. The van der Waals surface area contributed by atoms with E-state index in [1.54, 1.807) is 0 Å². The van der Waals surface area contributed by atoms with Gasteiger partial charge in [0.2, 0.25) is 0 Å². The molecule has 0 bridgehead atoms. The average molecular weight is 241 g/mol. The molecular formula is C4H12Ta-4. The van der Waals surface area contributed by atoms with Gasteiger partial charge in [0.25, 0.3) is 0 Å². The van der Waals surface area contributed by atoms with Gasteiger partial charge in [0.15, 0.2) is 0 Å². The van der Waals surface area contributed by atoms with Gasteiger partial charge in [-0.25, -0.2) is 0 Å². The maximum absolute atomic E-state index is 0. The second-order valence-electron chi connectivity index (χ2n) is 0. The van der Waals surface area contributed by atoms with Crippen LogP contribution >= 0.6 is 0 Å². The van der Waals surface area contributed by atoms with Crippen LogP contribution < -0.4 is 0 Å². The van der Waals surface area contributed by atoms with E-state index >= 15 is 0 Å². The van der Waals surface area contributed by atoms with Gasteiger partial charge >= 0.3 is 0 Å². The minimum absolute atomic E-state index is 0. The van der Waals surface area contributed by atoms with E-state index in [0.717, 1.165) is 0 Å². The Bertz CT molecular complexity index is 3.61. The Hall–Kier alpha value is 0.740. The summed E-state index contributed by atoms with van der Waals surface area (Å²) >= 11 is 0. The molecule has 0 aromatic heterocycles. The Morgan fingerprint density at radius 1 is 0.400 bits per heavy atom. The molecule has 0 saturated carbocycles. The molecule has 0 N–H and O–H groups in total. The van der Waals surface area contributed by atoms with E-state index in [0.29, 0.717) is 0 Å². The molecule has 0 spiro atoms. The molecule has 1 radical (unpaired) electrons. The summed E-state index contributed by atoms with van der Waals surface area (Å²) in [5.74, 6) is 0. The monoisotopic (exact) mass is 241 g/mol. The van der Waals surface area contributed by atoms with E-state index < -0.39 is 0 Å². The molecule has 0 aliphatic heterocycles. The van der Waals surface area contributed by atoms with Crippen LogP contribution in [0, 0.1) is 29.7 Å². The van der Waals surface area contributed by atoms with Gasteiger partial charge in [0, 0.05) is 22.4 Å². The van der Waals surface area contributed by atoms with Crippen molar-refractivity contribution in [1.82, 2.24) is 0 Å². The normalized spacial score (nSPS) is 0. The molecule has 0 atom stereocenters. The van der Waals surface area contributed by atoms with Crippen LogP contribution in [0.4, 0.5) is 0 Å². The van der Waals surface area contributed by atoms with E-state index in [9.17, 15) is 0 Å². The molecule has 0 aromatic rings. The van der Waals surface area contributed by atoms with Crippen LogP contribution in [0.2, 0.25) is 0 Å². The van der Waals surface area contributed by atoms with E-state index in [1.165, 1.54) is 0 Å². The van der Waals surface area contributed by atoms with Gasteiger partial charge in [-0.05, 0) is 0 Å². The van der Waals surface area contributed by atoms with Crippen molar-refractivity contribution in [2.75, 3.05) is 0 Å². The Labute approximate surface area is 52.5 Å². The van der Waals surface area contributed by atoms with Gasteiger partial charge in [-0.15, -0.1) is 0 Å². The Morgan fingerprint density at radius 2 is 0.400 bits per heavy atom. The van der Waals surface area contributed by atoms with Crippen molar-refractivity contribution in [2.24, 2.45) is 0 Å². The van der Waals surface area contributed by atoms with Crippen molar-refractivity contribution in [3.8, 4) is 0 Å². The summed E-state index contributed by atoms with van der Waals surface area (Å²) in [6.45, 7) is 0. The fraction of sp³-hybridized carbons (Fsp3) is 0. The van der Waals surface area contributed by atoms with Crippen LogP contribution in [0.25, 0.3) is 0 Å². The van der Waals surface area contributed by atoms with Crippen molar-refractivity contribution in [3.05, 3.63) is 29.7 Å². The first kappa shape index (κ1) is 235. The number of hydrogen-bond acceptors (Lipinski definition) is 0. The SMILES string of the molecule is [CH3-].[CH3-].[CH3-].[CH3-].[Ta]. The summed E-state index contributed by atoms with van der Waals surface area (Å²) in [4.78, 5) is 0. The smallest absolute Gasteiger partial charge is 0 e. The zero-order chi connectivity index (χ0) is 0. The molecular weight excluding hydrogens is 229 g/mol. The van der Waals surface area contributed by atoms with Crippen molar-refractivity contribution >= 4 is 0 Å². The first-order chi connectivity index (χ1) is 0. The summed E-state index contributed by atoms with van der Waals surface area (Å²) in [5, 5.41) is 0. The molecule has 0 aliphatic rings. The molecule has 0 nitrogen and oxygen atoms in total. The minimum atomic E-state index is 0. The molecule has 0 saturated heterocycles. The maximum atomic E-state index is 0. The molecule has 1 heteroatoms. The third-order valence-electron chi connectivity index (χ3n) is 0. The van der Waals surface area contributed by atoms with Gasteiger partial charge in [0.05, 0.1) is 0 Å². The molecule has 0 rings (SSSR count). The maximum Gasteiger partial charge on any atom is 0 e. The predicted octanol–water partition coefficient (Wildman–Crippen LogP) is 1.80. The quantitative estimate of drug-likeness (QED) is 0.567. The summed E-state index contributed by atoms with van der Waals surface area (Å²) in [5.41, 5.74) is 0. The Morgan fingerprint density at radius 3 is 0.400 bits per heavy atom. The van der Waals surface area contributed by atoms with E-state index in [-0.39, 0.29) is 52.1 Å². The first-order valence-corrected chi connectivity index (χ1v) is 0. The van der Waals surface area contributed by atoms with Crippen LogP contribution in [0.15, 0.2) is 0 Å². The second-order valence-corrected chi connectivity index (χ2v) is 0. The largest absolute Gasteiger partial charge is 0.358 e. The van der Waals surface area contributed by atoms with Crippen LogP contribution in [0.1, 0.15) is 0 Å². The third kappa shape index (κ3) is 65.0. The van der Waals surface area contributed by atoms with Crippen molar-refractivity contribution in [2.45, 2.75) is 0 Å². The summed E-state index contributed by atoms with van der Waals surface area (Å²) < 4.78 is 0. The summed E-state index contributed by atoms with van der Waals surface area (Å²) in [6.07, 6.45) is 0. The topological polar surface area (TPSA) is 0 Å². The van der Waals surface area contributed by atoms with Crippen LogP contribution in [-0.4, -0.2) is 0 Å². The molecule has 0 unspecified atom stereocenters. The second kappa shape index (κ2) is 121. The zero-order valence-electron chi connectivity index (χ0n) is 4.45. The molecule has 0 amide bonds. The third-order valence-corrected chi connectivity index (χ3v) is 0. The minimum Gasteiger partial charge on any atom is -0.358 e. The zero-order valence-corrected chi connectivity index (χ0v) is 7.66. The van der Waals surface area contributed by atoms with Crippen molar-refractivity contribution in [3.63, 3.8) is 0 Å². The summed E-state index contributed by atoms with van der Waals surface area (Å²) in [6, 6.07) is 0.